The number of nitrogens with one attached hydrogen (secondary N) is 1. The van der Waals surface area contributed by atoms with Crippen molar-refractivity contribution in [1.82, 2.24) is 9.80 Å². The first-order valence-electron chi connectivity index (χ1n) is 10.2. The van der Waals surface area contributed by atoms with Crippen molar-refractivity contribution in [2.24, 2.45) is 0 Å². The number of likely N-dealkylation sites (N-methyl/N-ethyl adjacent to an activating group) is 2. The first-order chi connectivity index (χ1) is 15.0. The Labute approximate surface area is 186 Å². The Morgan fingerprint density at radius 2 is 1.62 bits per heavy atom. The van der Waals surface area contributed by atoms with Gasteiger partial charge in [0.05, 0.1) is 12.6 Å². The lowest BCUT2D eigenvalue weighted by Crippen LogP contribution is -2.46. The minimum Gasteiger partial charge on any atom is -0.405 e. The number of nitrogens with zero attached hydrogens (tertiary/aromatic N) is 2. The van der Waals surface area contributed by atoms with Gasteiger partial charge in [-0.3, -0.25) is 14.5 Å². The maximum absolute atomic E-state index is 12.8. The summed E-state index contributed by atoms with van der Waals surface area (Å²) < 4.78 is 42.0. The number of anilines is 1. The Morgan fingerprint density at radius 3 is 2.25 bits per heavy atom. The summed E-state index contributed by atoms with van der Waals surface area (Å²) >= 11 is 0. The Kier molecular flexibility index (Phi) is 8.65. The fourth-order valence-corrected chi connectivity index (χ4v) is 3.21. The van der Waals surface area contributed by atoms with Crippen LogP contribution in [-0.2, 0) is 22.6 Å². The summed E-state index contributed by atoms with van der Waals surface area (Å²) in [7, 11) is 3.14. The molecule has 0 spiro atoms. The van der Waals surface area contributed by atoms with Crippen molar-refractivity contribution in [3.8, 4) is 5.75 Å². The monoisotopic (exact) mass is 451 g/mol. The zero-order valence-corrected chi connectivity index (χ0v) is 18.6. The van der Waals surface area contributed by atoms with Crippen LogP contribution < -0.4 is 10.1 Å². The summed E-state index contributed by atoms with van der Waals surface area (Å²) in [6.07, 6.45) is -4.05. The first-order valence-corrected chi connectivity index (χ1v) is 10.2. The van der Waals surface area contributed by atoms with Crippen LogP contribution in [0.1, 0.15) is 25.0 Å². The molecule has 174 valence electrons. The van der Waals surface area contributed by atoms with E-state index in [1.54, 1.807) is 31.0 Å². The number of para-hydroxylation sites is 2. The minimum absolute atomic E-state index is 0.0586. The number of hydrogen-bond acceptors (Lipinski definition) is 4. The molecule has 0 aliphatic rings. The molecule has 0 aliphatic heterocycles. The fourth-order valence-electron chi connectivity index (χ4n) is 3.21. The second kappa shape index (κ2) is 11.0. The van der Waals surface area contributed by atoms with E-state index in [0.29, 0.717) is 11.3 Å². The summed E-state index contributed by atoms with van der Waals surface area (Å²) in [6.45, 7) is 3.53. The van der Waals surface area contributed by atoms with Crippen molar-refractivity contribution in [2.75, 3.05) is 26.0 Å². The van der Waals surface area contributed by atoms with E-state index in [0.717, 1.165) is 12.0 Å². The van der Waals surface area contributed by atoms with Crippen LogP contribution in [0, 0.1) is 0 Å². The van der Waals surface area contributed by atoms with Gasteiger partial charge in [0.2, 0.25) is 11.8 Å². The first kappa shape index (κ1) is 25.2. The van der Waals surface area contributed by atoms with Gasteiger partial charge in [-0.05, 0) is 38.1 Å². The van der Waals surface area contributed by atoms with Crippen molar-refractivity contribution in [1.29, 1.82) is 0 Å². The van der Waals surface area contributed by atoms with E-state index in [1.165, 1.54) is 30.1 Å². The maximum atomic E-state index is 12.8. The molecule has 2 aromatic rings. The summed E-state index contributed by atoms with van der Waals surface area (Å²) in [6, 6.07) is 12.5. The zero-order valence-electron chi connectivity index (χ0n) is 18.6. The zero-order chi connectivity index (χ0) is 23.9. The van der Waals surface area contributed by atoms with E-state index in [9.17, 15) is 22.8 Å². The normalized spacial score (nSPS) is 12.4. The molecule has 1 atom stereocenters. The van der Waals surface area contributed by atoms with Crippen LogP contribution in [0.4, 0.5) is 18.9 Å². The number of alkyl halides is 3. The highest BCUT2D eigenvalue weighted by Crippen LogP contribution is 2.27. The van der Waals surface area contributed by atoms with E-state index in [4.69, 9.17) is 0 Å². The van der Waals surface area contributed by atoms with Gasteiger partial charge in [0.15, 0.2) is 0 Å². The molecule has 0 aromatic heterocycles. The Hall–Kier alpha value is -3.07. The van der Waals surface area contributed by atoms with Gasteiger partial charge in [0.1, 0.15) is 5.75 Å². The molecule has 2 rings (SSSR count). The standard InChI is InChI=1S/C23H28F3N3O3/c1-5-17-10-6-8-12-19(17)27-21(30)15-29(4)22(31)16(2)28(3)14-18-11-7-9-13-20(18)32-23(24,25)26/h6-13,16H,5,14-15H2,1-4H3,(H,27,30). The number of carbonyl (C=O) groups excluding carboxylic acids is 2. The quantitative estimate of drug-likeness (QED) is 0.625. The molecule has 0 bridgehead atoms. The topological polar surface area (TPSA) is 61.9 Å². The molecule has 0 radical (unpaired) electrons. The number of benzene rings is 2. The van der Waals surface area contributed by atoms with Crippen LogP contribution in [0.25, 0.3) is 0 Å². The average molecular weight is 451 g/mol. The second-order valence-corrected chi connectivity index (χ2v) is 7.50. The third-order valence-corrected chi connectivity index (χ3v) is 5.07. The van der Waals surface area contributed by atoms with Gasteiger partial charge in [0.25, 0.3) is 0 Å². The van der Waals surface area contributed by atoms with E-state index in [2.05, 4.69) is 10.1 Å². The third-order valence-electron chi connectivity index (χ3n) is 5.07. The van der Waals surface area contributed by atoms with Crippen molar-refractivity contribution in [3.05, 3.63) is 59.7 Å². The number of halogens is 3. The van der Waals surface area contributed by atoms with Crippen LogP contribution in [0.15, 0.2) is 48.5 Å². The molecule has 2 aromatic carbocycles. The lowest BCUT2D eigenvalue weighted by molar-refractivity contribution is -0.275. The average Bonchev–Trinajstić information content (AvgIpc) is 2.73. The number of amides is 2. The largest absolute Gasteiger partial charge is 0.573 e. The third kappa shape index (κ3) is 7.26. The summed E-state index contributed by atoms with van der Waals surface area (Å²) in [4.78, 5) is 28.1. The summed E-state index contributed by atoms with van der Waals surface area (Å²) in [5.41, 5.74) is 1.98. The molecular weight excluding hydrogens is 423 g/mol. The van der Waals surface area contributed by atoms with Gasteiger partial charge >= 0.3 is 6.36 Å². The molecule has 0 aliphatic carbocycles. The van der Waals surface area contributed by atoms with E-state index < -0.39 is 12.4 Å². The van der Waals surface area contributed by atoms with Crippen molar-refractivity contribution in [2.45, 2.75) is 39.2 Å². The predicted molar refractivity (Wildman–Crippen MR) is 116 cm³/mol. The SMILES string of the molecule is CCc1ccccc1NC(=O)CN(C)C(=O)C(C)N(C)Cc1ccccc1OC(F)(F)F. The van der Waals surface area contributed by atoms with Crippen LogP contribution in [0.3, 0.4) is 0 Å². The number of rotatable bonds is 9. The minimum atomic E-state index is -4.81. The summed E-state index contributed by atoms with van der Waals surface area (Å²) in [5, 5.41) is 2.81. The number of hydrogen-bond donors (Lipinski definition) is 1. The van der Waals surface area contributed by atoms with E-state index in [1.807, 2.05) is 25.1 Å². The van der Waals surface area contributed by atoms with Crippen LogP contribution in [-0.4, -0.2) is 54.7 Å². The summed E-state index contributed by atoms with van der Waals surface area (Å²) in [5.74, 6) is -0.977. The lowest BCUT2D eigenvalue weighted by Gasteiger charge is -2.28. The number of carbonyl (C=O) groups is 2. The highest BCUT2D eigenvalue weighted by atomic mass is 19.4. The van der Waals surface area contributed by atoms with Gasteiger partial charge in [-0.15, -0.1) is 13.2 Å². The van der Waals surface area contributed by atoms with Gasteiger partial charge in [-0.2, -0.15) is 0 Å². The van der Waals surface area contributed by atoms with Crippen LogP contribution in [0.5, 0.6) is 5.75 Å². The van der Waals surface area contributed by atoms with Gasteiger partial charge in [0, 0.05) is 24.8 Å². The molecule has 1 unspecified atom stereocenters. The predicted octanol–water partition coefficient (Wildman–Crippen LogP) is 4.07. The maximum Gasteiger partial charge on any atom is 0.573 e. The van der Waals surface area contributed by atoms with Gasteiger partial charge in [-0.25, -0.2) is 0 Å². The number of aryl methyl sites for hydroxylation is 1. The highest BCUT2D eigenvalue weighted by molar-refractivity contribution is 5.95. The fraction of sp³-hybridized carbons (Fsp3) is 0.391. The smallest absolute Gasteiger partial charge is 0.405 e. The molecule has 0 heterocycles. The molecule has 9 heteroatoms. The highest BCUT2D eigenvalue weighted by Gasteiger charge is 2.32. The van der Waals surface area contributed by atoms with Crippen molar-refractivity contribution < 1.29 is 27.5 Å². The van der Waals surface area contributed by atoms with Crippen molar-refractivity contribution >= 4 is 17.5 Å². The molecule has 1 N–H and O–H groups in total. The molecule has 0 saturated heterocycles. The van der Waals surface area contributed by atoms with Crippen LogP contribution >= 0.6 is 0 Å². The number of ether oxygens (including phenoxy) is 1. The van der Waals surface area contributed by atoms with Crippen molar-refractivity contribution in [3.63, 3.8) is 0 Å². The van der Waals surface area contributed by atoms with Crippen LogP contribution in [0.2, 0.25) is 0 Å². The Bertz CT molecular complexity index is 934. The molecular formula is C23H28F3N3O3. The Balaban J connectivity index is 1.98. The van der Waals surface area contributed by atoms with E-state index in [-0.39, 0.29) is 30.7 Å². The second-order valence-electron chi connectivity index (χ2n) is 7.50. The van der Waals surface area contributed by atoms with E-state index >= 15 is 0 Å². The van der Waals surface area contributed by atoms with Gasteiger partial charge in [-0.1, -0.05) is 43.3 Å². The molecule has 0 fully saturated rings. The lowest BCUT2D eigenvalue weighted by atomic mass is 10.1. The molecule has 32 heavy (non-hydrogen) atoms. The molecule has 2 amide bonds. The van der Waals surface area contributed by atoms with Gasteiger partial charge < -0.3 is 15.0 Å². The Morgan fingerprint density at radius 1 is 1.03 bits per heavy atom. The molecule has 6 nitrogen and oxygen atoms in total. The molecule has 0 saturated carbocycles.